The van der Waals surface area contributed by atoms with Gasteiger partial charge in [0.2, 0.25) is 5.89 Å². The molecule has 130 valence electrons. The second-order valence-electron chi connectivity index (χ2n) is 5.98. The monoisotopic (exact) mass is 331 g/mol. The Morgan fingerprint density at radius 1 is 1.21 bits per heavy atom. The van der Waals surface area contributed by atoms with Crippen LogP contribution in [0.5, 0.6) is 0 Å². The average Bonchev–Trinajstić information content (AvgIpc) is 3.07. The molecule has 0 aliphatic heterocycles. The fraction of sp³-hybridized carbons (Fsp3) is 0.444. The van der Waals surface area contributed by atoms with Gasteiger partial charge in [0.1, 0.15) is 6.26 Å². The minimum absolute atomic E-state index is 0.221. The van der Waals surface area contributed by atoms with E-state index in [-0.39, 0.29) is 19.1 Å². The first kappa shape index (κ1) is 18.0. The van der Waals surface area contributed by atoms with Crippen LogP contribution in [-0.4, -0.2) is 28.3 Å². The third-order valence-electron chi connectivity index (χ3n) is 4.17. The number of benzene rings is 1. The van der Waals surface area contributed by atoms with Gasteiger partial charge in [-0.3, -0.25) is 0 Å². The summed E-state index contributed by atoms with van der Waals surface area (Å²) in [6, 6.07) is 7.54. The van der Waals surface area contributed by atoms with Crippen molar-refractivity contribution >= 4 is 6.03 Å². The van der Waals surface area contributed by atoms with Gasteiger partial charge in [0.05, 0.1) is 17.8 Å². The van der Waals surface area contributed by atoms with Crippen LogP contribution in [0.1, 0.15) is 37.9 Å². The van der Waals surface area contributed by atoms with E-state index in [1.807, 2.05) is 45.0 Å². The molecule has 0 fully saturated rings. The number of oxazole rings is 1. The van der Waals surface area contributed by atoms with Crippen LogP contribution in [0, 0.1) is 6.92 Å². The third-order valence-corrected chi connectivity index (χ3v) is 4.17. The number of hydrogen-bond donors (Lipinski definition) is 3. The Hall–Kier alpha value is -2.34. The summed E-state index contributed by atoms with van der Waals surface area (Å²) in [7, 11) is 0. The molecule has 0 radical (unpaired) electrons. The topological polar surface area (TPSA) is 87.4 Å². The first-order chi connectivity index (χ1) is 11.5. The van der Waals surface area contributed by atoms with Gasteiger partial charge in [0.15, 0.2) is 0 Å². The molecule has 6 heteroatoms. The SMILES string of the molecule is CCC(O)(CC)CNC(=O)NCc1coc(-c2ccc(C)cc2)n1. The molecule has 0 aliphatic carbocycles. The number of hydrogen-bond acceptors (Lipinski definition) is 4. The summed E-state index contributed by atoms with van der Waals surface area (Å²) in [5.41, 5.74) is 1.85. The van der Waals surface area contributed by atoms with Gasteiger partial charge in [0, 0.05) is 12.1 Å². The average molecular weight is 331 g/mol. The second kappa shape index (κ2) is 7.97. The molecule has 1 heterocycles. The summed E-state index contributed by atoms with van der Waals surface area (Å²) in [4.78, 5) is 16.2. The lowest BCUT2D eigenvalue weighted by Gasteiger charge is -2.25. The van der Waals surface area contributed by atoms with Crippen molar-refractivity contribution in [3.63, 3.8) is 0 Å². The Morgan fingerprint density at radius 2 is 1.88 bits per heavy atom. The molecule has 24 heavy (non-hydrogen) atoms. The maximum absolute atomic E-state index is 11.8. The molecule has 2 amide bonds. The summed E-state index contributed by atoms with van der Waals surface area (Å²) in [5, 5.41) is 15.5. The van der Waals surface area contributed by atoms with Crippen LogP contribution in [0.25, 0.3) is 11.5 Å². The molecule has 0 unspecified atom stereocenters. The Kier molecular flexibility index (Phi) is 5.98. The van der Waals surface area contributed by atoms with Crippen molar-refractivity contribution in [2.75, 3.05) is 6.54 Å². The van der Waals surface area contributed by atoms with Crippen molar-refractivity contribution in [2.24, 2.45) is 0 Å². The van der Waals surface area contributed by atoms with E-state index in [2.05, 4.69) is 15.6 Å². The van der Waals surface area contributed by atoms with Crippen molar-refractivity contribution in [1.82, 2.24) is 15.6 Å². The lowest BCUT2D eigenvalue weighted by atomic mass is 9.98. The maximum Gasteiger partial charge on any atom is 0.315 e. The Labute approximate surface area is 142 Å². The molecular formula is C18H25N3O3. The van der Waals surface area contributed by atoms with Crippen molar-refractivity contribution in [1.29, 1.82) is 0 Å². The number of nitrogens with zero attached hydrogens (tertiary/aromatic N) is 1. The van der Waals surface area contributed by atoms with E-state index in [0.717, 1.165) is 5.56 Å². The normalized spacial score (nSPS) is 11.3. The largest absolute Gasteiger partial charge is 0.444 e. The van der Waals surface area contributed by atoms with E-state index in [0.29, 0.717) is 24.4 Å². The molecule has 6 nitrogen and oxygen atoms in total. The molecule has 1 aromatic heterocycles. The van der Waals surface area contributed by atoms with Gasteiger partial charge in [-0.1, -0.05) is 31.5 Å². The van der Waals surface area contributed by atoms with Gasteiger partial charge in [-0.15, -0.1) is 0 Å². The lowest BCUT2D eigenvalue weighted by molar-refractivity contribution is 0.0349. The van der Waals surface area contributed by atoms with Gasteiger partial charge in [-0.05, 0) is 31.9 Å². The van der Waals surface area contributed by atoms with E-state index in [1.165, 1.54) is 11.8 Å². The molecule has 2 rings (SSSR count). The number of carbonyl (C=O) groups is 1. The third kappa shape index (κ3) is 4.83. The first-order valence-electron chi connectivity index (χ1n) is 8.21. The molecule has 0 saturated carbocycles. The number of aromatic nitrogens is 1. The predicted molar refractivity (Wildman–Crippen MR) is 92.4 cm³/mol. The molecule has 0 saturated heterocycles. The summed E-state index contributed by atoms with van der Waals surface area (Å²) in [5.74, 6) is 0.526. The van der Waals surface area contributed by atoms with E-state index in [1.54, 1.807) is 0 Å². The van der Waals surface area contributed by atoms with Crippen molar-refractivity contribution in [3.05, 3.63) is 41.8 Å². The van der Waals surface area contributed by atoms with Crippen LogP contribution in [-0.2, 0) is 6.54 Å². The fourth-order valence-corrected chi connectivity index (χ4v) is 2.20. The molecule has 0 aliphatic rings. The van der Waals surface area contributed by atoms with Crippen LogP contribution in [0.2, 0.25) is 0 Å². The highest BCUT2D eigenvalue weighted by atomic mass is 16.3. The smallest absolute Gasteiger partial charge is 0.315 e. The predicted octanol–water partition coefficient (Wildman–Crippen LogP) is 3.00. The standard InChI is InChI=1S/C18H25N3O3/c1-4-18(23,5-2)12-20-17(22)19-10-15-11-24-16(21-15)14-8-6-13(3)7-9-14/h6-9,11,23H,4-5,10,12H2,1-3H3,(H2,19,20,22). The van der Waals surface area contributed by atoms with Crippen LogP contribution in [0.3, 0.4) is 0 Å². The van der Waals surface area contributed by atoms with Crippen molar-refractivity contribution in [2.45, 2.75) is 45.8 Å². The zero-order valence-electron chi connectivity index (χ0n) is 14.4. The minimum atomic E-state index is -0.857. The fourth-order valence-electron chi connectivity index (χ4n) is 2.20. The van der Waals surface area contributed by atoms with E-state index in [9.17, 15) is 9.90 Å². The number of rotatable bonds is 7. The molecule has 0 atom stereocenters. The van der Waals surface area contributed by atoms with E-state index >= 15 is 0 Å². The zero-order valence-corrected chi connectivity index (χ0v) is 14.4. The van der Waals surface area contributed by atoms with Crippen molar-refractivity contribution in [3.8, 4) is 11.5 Å². The maximum atomic E-state index is 11.8. The number of carbonyl (C=O) groups excluding carboxylic acids is 1. The first-order valence-corrected chi connectivity index (χ1v) is 8.21. The summed E-state index contributed by atoms with van der Waals surface area (Å²) in [6.07, 6.45) is 2.71. The van der Waals surface area contributed by atoms with Crippen molar-refractivity contribution < 1.29 is 14.3 Å². The van der Waals surface area contributed by atoms with E-state index < -0.39 is 5.60 Å². The van der Waals surface area contributed by atoms with Gasteiger partial charge >= 0.3 is 6.03 Å². The molecule has 0 spiro atoms. The van der Waals surface area contributed by atoms with Crippen LogP contribution < -0.4 is 10.6 Å². The van der Waals surface area contributed by atoms with Crippen LogP contribution in [0.4, 0.5) is 4.79 Å². The van der Waals surface area contributed by atoms with Gasteiger partial charge in [0.25, 0.3) is 0 Å². The van der Waals surface area contributed by atoms with Crippen LogP contribution >= 0.6 is 0 Å². The molecule has 3 N–H and O–H groups in total. The Morgan fingerprint density at radius 3 is 2.50 bits per heavy atom. The highest BCUT2D eigenvalue weighted by Gasteiger charge is 2.22. The highest BCUT2D eigenvalue weighted by molar-refractivity contribution is 5.73. The number of aryl methyl sites for hydroxylation is 1. The van der Waals surface area contributed by atoms with Gasteiger partial charge < -0.3 is 20.2 Å². The number of urea groups is 1. The number of nitrogens with one attached hydrogen (secondary N) is 2. The molecule has 1 aromatic carbocycles. The quantitative estimate of drug-likeness (QED) is 0.728. The second-order valence-corrected chi connectivity index (χ2v) is 5.98. The molecule has 2 aromatic rings. The highest BCUT2D eigenvalue weighted by Crippen LogP contribution is 2.19. The summed E-state index contributed by atoms with van der Waals surface area (Å²) >= 11 is 0. The molecule has 0 bridgehead atoms. The van der Waals surface area contributed by atoms with Crippen LogP contribution in [0.15, 0.2) is 34.9 Å². The number of aliphatic hydroxyl groups is 1. The van der Waals surface area contributed by atoms with Gasteiger partial charge in [-0.2, -0.15) is 0 Å². The zero-order chi connectivity index (χ0) is 17.6. The Balaban J connectivity index is 1.84. The Bertz CT molecular complexity index is 660. The lowest BCUT2D eigenvalue weighted by Crippen LogP contribution is -2.45. The molecular weight excluding hydrogens is 306 g/mol. The van der Waals surface area contributed by atoms with E-state index in [4.69, 9.17) is 4.42 Å². The minimum Gasteiger partial charge on any atom is -0.444 e. The summed E-state index contributed by atoms with van der Waals surface area (Å²) in [6.45, 7) is 6.29. The number of amides is 2. The van der Waals surface area contributed by atoms with Gasteiger partial charge in [-0.25, -0.2) is 9.78 Å². The summed E-state index contributed by atoms with van der Waals surface area (Å²) < 4.78 is 5.45.